The van der Waals surface area contributed by atoms with Crippen LogP contribution in [0.1, 0.15) is 38.4 Å². The van der Waals surface area contributed by atoms with Crippen LogP contribution in [0.4, 0.5) is 11.4 Å². The topological polar surface area (TPSA) is 39.0 Å². The number of hydrogen-bond donors (Lipinski definition) is 0. The lowest BCUT2D eigenvalue weighted by Gasteiger charge is -2.28. The summed E-state index contributed by atoms with van der Waals surface area (Å²) in [6.07, 6.45) is 4.09. The van der Waals surface area contributed by atoms with Crippen molar-refractivity contribution in [3.05, 3.63) is 53.7 Å². The van der Waals surface area contributed by atoms with Gasteiger partial charge in [-0.05, 0) is 68.1 Å². The van der Waals surface area contributed by atoms with Gasteiger partial charge >= 0.3 is 0 Å². The highest BCUT2D eigenvalue weighted by Crippen LogP contribution is 2.35. The Labute approximate surface area is 185 Å². The second-order valence-electron chi connectivity index (χ2n) is 8.48. The first-order valence-electron chi connectivity index (χ1n) is 11.3. The quantitative estimate of drug-likeness (QED) is 0.411. The molecule has 164 valence electrons. The summed E-state index contributed by atoms with van der Waals surface area (Å²) in [5, 5.41) is 1.29. The Balaban J connectivity index is 1.75. The van der Waals surface area contributed by atoms with Gasteiger partial charge in [0.15, 0.2) is 0 Å². The van der Waals surface area contributed by atoms with Crippen molar-refractivity contribution >= 4 is 28.5 Å². The number of benzene rings is 2. The highest BCUT2D eigenvalue weighted by molar-refractivity contribution is 5.99. The summed E-state index contributed by atoms with van der Waals surface area (Å²) in [5.74, 6) is 1.48. The van der Waals surface area contributed by atoms with Crippen LogP contribution >= 0.6 is 0 Å². The molecular weight excluding hydrogens is 386 g/mol. The van der Waals surface area contributed by atoms with Crippen LogP contribution in [0.3, 0.4) is 0 Å². The van der Waals surface area contributed by atoms with E-state index in [1.165, 1.54) is 22.3 Å². The summed E-state index contributed by atoms with van der Waals surface area (Å²) >= 11 is 0. The molecule has 0 fully saturated rings. The molecule has 0 aliphatic carbocycles. The van der Waals surface area contributed by atoms with Crippen molar-refractivity contribution in [2.24, 2.45) is 10.9 Å². The van der Waals surface area contributed by atoms with Gasteiger partial charge in [-0.3, -0.25) is 4.99 Å². The number of rotatable bonds is 9. The standard InChI is InChI=1S/C26H33N3O2/c1-5-31-12-6-11-28-23(13-19(2)3)15-20-14-21-17-27-18-29(26(21)16-25(20)28)22-7-9-24(30-4)10-8-22/h7-10,14-17,19H,5-6,11-13,18H2,1-4H3. The van der Waals surface area contributed by atoms with Crippen molar-refractivity contribution < 1.29 is 9.47 Å². The normalized spacial score (nSPS) is 13.3. The van der Waals surface area contributed by atoms with Crippen LogP contribution in [0, 0.1) is 5.92 Å². The van der Waals surface area contributed by atoms with Gasteiger partial charge < -0.3 is 18.9 Å². The highest BCUT2D eigenvalue weighted by atomic mass is 16.5. The molecule has 31 heavy (non-hydrogen) atoms. The molecule has 0 saturated heterocycles. The lowest BCUT2D eigenvalue weighted by Crippen LogP contribution is -2.22. The van der Waals surface area contributed by atoms with Gasteiger partial charge in [-0.15, -0.1) is 0 Å². The third-order valence-electron chi connectivity index (χ3n) is 5.76. The Morgan fingerprint density at radius 1 is 1.10 bits per heavy atom. The third kappa shape index (κ3) is 4.62. The molecule has 0 spiro atoms. The van der Waals surface area contributed by atoms with Gasteiger partial charge in [0.05, 0.1) is 18.3 Å². The molecule has 2 heterocycles. The van der Waals surface area contributed by atoms with E-state index in [1.807, 2.05) is 18.3 Å². The first-order chi connectivity index (χ1) is 15.1. The number of ether oxygens (including phenoxy) is 2. The highest BCUT2D eigenvalue weighted by Gasteiger charge is 2.19. The molecular formula is C26H33N3O2. The molecule has 0 atom stereocenters. The summed E-state index contributed by atoms with van der Waals surface area (Å²) in [6.45, 7) is 9.78. The van der Waals surface area contributed by atoms with E-state index in [1.54, 1.807) is 7.11 Å². The van der Waals surface area contributed by atoms with Crippen LogP contribution in [0.25, 0.3) is 10.9 Å². The van der Waals surface area contributed by atoms with E-state index in [0.29, 0.717) is 12.6 Å². The molecule has 0 amide bonds. The van der Waals surface area contributed by atoms with Gasteiger partial charge in [-0.1, -0.05) is 13.8 Å². The number of anilines is 2. The molecule has 2 aromatic carbocycles. The Morgan fingerprint density at radius 2 is 1.90 bits per heavy atom. The zero-order valence-corrected chi connectivity index (χ0v) is 19.1. The SMILES string of the molecule is CCOCCCn1c(CC(C)C)cc2cc3c(cc21)N(c1ccc(OC)cc1)CN=C3. The largest absolute Gasteiger partial charge is 0.497 e. The summed E-state index contributed by atoms with van der Waals surface area (Å²) in [4.78, 5) is 6.89. The second-order valence-corrected chi connectivity index (χ2v) is 8.48. The number of hydrogen-bond acceptors (Lipinski definition) is 4. The van der Waals surface area contributed by atoms with Gasteiger partial charge in [-0.2, -0.15) is 0 Å². The number of nitrogens with zero attached hydrogens (tertiary/aromatic N) is 3. The lowest BCUT2D eigenvalue weighted by atomic mass is 10.1. The Morgan fingerprint density at radius 3 is 2.61 bits per heavy atom. The van der Waals surface area contributed by atoms with Crippen LogP contribution in [0.15, 0.2) is 47.5 Å². The summed E-state index contributed by atoms with van der Waals surface area (Å²) in [5.41, 5.74) is 6.18. The van der Waals surface area contributed by atoms with Gasteiger partial charge in [0.1, 0.15) is 12.4 Å². The van der Waals surface area contributed by atoms with E-state index in [9.17, 15) is 0 Å². The van der Waals surface area contributed by atoms with E-state index in [-0.39, 0.29) is 0 Å². The third-order valence-corrected chi connectivity index (χ3v) is 5.76. The molecule has 1 aliphatic heterocycles. The predicted molar refractivity (Wildman–Crippen MR) is 129 cm³/mol. The molecule has 0 bridgehead atoms. The van der Waals surface area contributed by atoms with E-state index >= 15 is 0 Å². The van der Waals surface area contributed by atoms with E-state index in [0.717, 1.165) is 49.6 Å². The van der Waals surface area contributed by atoms with Gasteiger partial charge in [-0.25, -0.2) is 0 Å². The maximum absolute atomic E-state index is 5.60. The molecule has 5 nitrogen and oxygen atoms in total. The first-order valence-corrected chi connectivity index (χ1v) is 11.3. The van der Waals surface area contributed by atoms with Gasteiger partial charge in [0.2, 0.25) is 0 Å². The molecule has 0 unspecified atom stereocenters. The molecule has 0 N–H and O–H groups in total. The zero-order chi connectivity index (χ0) is 21.8. The Kier molecular flexibility index (Phi) is 6.62. The number of aryl methyl sites for hydroxylation is 1. The number of aromatic nitrogens is 1. The lowest BCUT2D eigenvalue weighted by molar-refractivity contribution is 0.141. The van der Waals surface area contributed by atoms with Crippen molar-refractivity contribution in [2.75, 3.05) is 31.9 Å². The van der Waals surface area contributed by atoms with Gasteiger partial charge in [0, 0.05) is 48.3 Å². The van der Waals surface area contributed by atoms with Crippen molar-refractivity contribution in [3.63, 3.8) is 0 Å². The van der Waals surface area contributed by atoms with Crippen LogP contribution in [-0.2, 0) is 17.7 Å². The van der Waals surface area contributed by atoms with E-state index in [4.69, 9.17) is 9.47 Å². The molecule has 0 saturated carbocycles. The first kappa shape index (κ1) is 21.4. The fourth-order valence-electron chi connectivity index (χ4n) is 4.31. The fraction of sp³-hybridized carbons (Fsp3) is 0.423. The zero-order valence-electron chi connectivity index (χ0n) is 19.1. The average Bonchev–Trinajstić information content (AvgIpc) is 3.10. The summed E-state index contributed by atoms with van der Waals surface area (Å²) in [7, 11) is 1.70. The smallest absolute Gasteiger partial charge is 0.119 e. The van der Waals surface area contributed by atoms with Crippen molar-refractivity contribution in [2.45, 2.75) is 40.2 Å². The maximum Gasteiger partial charge on any atom is 0.119 e. The summed E-state index contributed by atoms with van der Waals surface area (Å²) in [6, 6.07) is 15.2. The van der Waals surface area contributed by atoms with Crippen LogP contribution in [-0.4, -0.2) is 37.8 Å². The fourth-order valence-corrected chi connectivity index (χ4v) is 4.31. The Bertz CT molecular complexity index is 1050. The average molecular weight is 420 g/mol. The minimum Gasteiger partial charge on any atom is -0.497 e. The molecule has 5 heteroatoms. The van der Waals surface area contributed by atoms with E-state index < -0.39 is 0 Å². The molecule has 1 aliphatic rings. The van der Waals surface area contributed by atoms with E-state index in [2.05, 4.69) is 65.6 Å². The number of fused-ring (bicyclic) bond motifs is 2. The molecule has 0 radical (unpaired) electrons. The van der Waals surface area contributed by atoms with Crippen LogP contribution in [0.5, 0.6) is 5.75 Å². The monoisotopic (exact) mass is 419 g/mol. The maximum atomic E-state index is 5.60. The predicted octanol–water partition coefficient (Wildman–Crippen LogP) is 5.80. The van der Waals surface area contributed by atoms with Crippen LogP contribution < -0.4 is 9.64 Å². The number of aliphatic imine (C=N–C) groups is 1. The van der Waals surface area contributed by atoms with Crippen molar-refractivity contribution in [1.82, 2.24) is 4.57 Å². The molecule has 1 aromatic heterocycles. The summed E-state index contributed by atoms with van der Waals surface area (Å²) < 4.78 is 13.4. The molecule has 4 rings (SSSR count). The van der Waals surface area contributed by atoms with Crippen LogP contribution in [0.2, 0.25) is 0 Å². The Hall–Kier alpha value is -2.79. The minimum absolute atomic E-state index is 0.613. The second kappa shape index (κ2) is 9.56. The van der Waals surface area contributed by atoms with Gasteiger partial charge in [0.25, 0.3) is 0 Å². The minimum atomic E-state index is 0.613. The van der Waals surface area contributed by atoms with Crippen molar-refractivity contribution in [1.29, 1.82) is 0 Å². The van der Waals surface area contributed by atoms with Crippen molar-refractivity contribution in [3.8, 4) is 5.75 Å². The molecule has 3 aromatic rings. The number of methoxy groups -OCH3 is 1.